The Morgan fingerprint density at radius 3 is 1.91 bits per heavy atom. The molecule has 0 atom stereocenters. The van der Waals surface area contributed by atoms with Gasteiger partial charge in [0.05, 0.1) is 0 Å². The summed E-state index contributed by atoms with van der Waals surface area (Å²) in [4.78, 5) is 31.7. The molecule has 2 heterocycles. The molecule has 6 nitrogen and oxygen atoms in total. The second-order valence-corrected chi connectivity index (χ2v) is 11.2. The van der Waals surface area contributed by atoms with E-state index < -0.39 is 5.69 Å². The first-order chi connectivity index (χ1) is 16.5. The molecule has 0 radical (unpaired) electrons. The molecular weight excluding hydrogens is 444 g/mol. The van der Waals surface area contributed by atoms with Gasteiger partial charge in [0.1, 0.15) is 0 Å². The summed E-state index contributed by atoms with van der Waals surface area (Å²) < 4.78 is 3.49. The van der Waals surface area contributed by atoms with Crippen molar-refractivity contribution in [1.82, 2.24) is 19.1 Å². The van der Waals surface area contributed by atoms with E-state index in [1.54, 1.807) is 18.8 Å². The molecule has 0 amide bonds. The van der Waals surface area contributed by atoms with Crippen molar-refractivity contribution in [3.63, 3.8) is 0 Å². The van der Waals surface area contributed by atoms with Crippen LogP contribution in [0, 0.1) is 5.92 Å². The third-order valence-corrected chi connectivity index (χ3v) is 7.64. The van der Waals surface area contributed by atoms with E-state index in [-0.39, 0.29) is 5.56 Å². The number of imidazole rings is 1. The summed E-state index contributed by atoms with van der Waals surface area (Å²) in [6.45, 7) is 7.48. The lowest BCUT2D eigenvalue weighted by atomic mass is 10.0. The fourth-order valence-electron chi connectivity index (χ4n) is 4.38. The van der Waals surface area contributed by atoms with Crippen LogP contribution in [0.5, 0.6) is 0 Å². The molecule has 0 saturated heterocycles. The Bertz CT molecular complexity index is 944. The van der Waals surface area contributed by atoms with Crippen LogP contribution in [0.3, 0.4) is 0 Å². The van der Waals surface area contributed by atoms with Crippen LogP contribution in [-0.2, 0) is 13.6 Å². The van der Waals surface area contributed by atoms with Gasteiger partial charge in [0.2, 0.25) is 0 Å². The number of fused-ring (bicyclic) bond motifs is 1. The van der Waals surface area contributed by atoms with E-state index in [9.17, 15) is 9.59 Å². The summed E-state index contributed by atoms with van der Waals surface area (Å²) in [5, 5.41) is 0.858. The highest BCUT2D eigenvalue weighted by atomic mass is 32.2. The van der Waals surface area contributed by atoms with Crippen LogP contribution in [0.4, 0.5) is 0 Å². The van der Waals surface area contributed by atoms with Crippen LogP contribution in [0.15, 0.2) is 14.7 Å². The Morgan fingerprint density at radius 2 is 1.38 bits per heavy atom. The van der Waals surface area contributed by atoms with Gasteiger partial charge in [-0.15, -0.1) is 0 Å². The van der Waals surface area contributed by atoms with Crippen molar-refractivity contribution in [3.8, 4) is 0 Å². The topological polar surface area (TPSA) is 72.7 Å². The van der Waals surface area contributed by atoms with Crippen molar-refractivity contribution in [1.29, 1.82) is 0 Å². The number of rotatable bonds is 19. The Morgan fingerprint density at radius 1 is 0.853 bits per heavy atom. The number of aromatic nitrogens is 4. The molecule has 0 aliphatic carbocycles. The van der Waals surface area contributed by atoms with Gasteiger partial charge in [-0.3, -0.25) is 14.3 Å². The van der Waals surface area contributed by atoms with Crippen molar-refractivity contribution < 1.29 is 0 Å². The molecule has 0 aromatic carbocycles. The zero-order valence-corrected chi connectivity index (χ0v) is 23.0. The van der Waals surface area contributed by atoms with Gasteiger partial charge in [0, 0.05) is 19.3 Å². The van der Waals surface area contributed by atoms with Crippen LogP contribution in [0.2, 0.25) is 0 Å². The Labute approximate surface area is 210 Å². The fraction of sp³-hybridized carbons (Fsp3) is 0.815. The first-order valence-electron chi connectivity index (χ1n) is 13.8. The molecular formula is C27H48N4O2S. The lowest BCUT2D eigenvalue weighted by Gasteiger charge is -2.09. The summed E-state index contributed by atoms with van der Waals surface area (Å²) in [6, 6.07) is 0. The van der Waals surface area contributed by atoms with E-state index in [4.69, 9.17) is 0 Å². The van der Waals surface area contributed by atoms with Crippen molar-refractivity contribution in [2.75, 3.05) is 5.75 Å². The highest BCUT2D eigenvalue weighted by molar-refractivity contribution is 7.99. The lowest BCUT2D eigenvalue weighted by molar-refractivity contribution is 0.519. The molecule has 0 unspecified atom stereocenters. The standard InChI is InChI=1S/C27H48N4O2S/c1-5-6-7-8-9-10-11-12-13-14-15-16-17-18-20-31-23-24(30(4)26(33)29-25(23)32)28-27(31)34-21-19-22(2)3/h22H,5-21H2,1-4H3,(H,29,32,33). The number of nitrogens with zero attached hydrogens (tertiary/aromatic N) is 3. The Hall–Kier alpha value is -1.50. The molecule has 0 spiro atoms. The van der Waals surface area contributed by atoms with Gasteiger partial charge in [-0.1, -0.05) is 116 Å². The number of thioether (sulfide) groups is 1. The molecule has 0 fully saturated rings. The number of aromatic amines is 1. The van der Waals surface area contributed by atoms with Gasteiger partial charge in [0.25, 0.3) is 5.56 Å². The first kappa shape index (κ1) is 28.7. The summed E-state index contributed by atoms with van der Waals surface area (Å²) in [5.41, 5.74) is 0.291. The van der Waals surface area contributed by atoms with Gasteiger partial charge < -0.3 is 4.57 Å². The molecule has 2 aromatic heterocycles. The lowest BCUT2D eigenvalue weighted by Crippen LogP contribution is -2.29. The molecule has 34 heavy (non-hydrogen) atoms. The smallest absolute Gasteiger partial charge is 0.313 e. The predicted octanol–water partition coefficient (Wildman–Crippen LogP) is 7.04. The van der Waals surface area contributed by atoms with Crippen molar-refractivity contribution in [2.45, 2.75) is 129 Å². The van der Waals surface area contributed by atoms with Crippen LogP contribution in [-0.4, -0.2) is 24.9 Å². The third kappa shape index (κ3) is 9.63. The molecule has 1 N–H and O–H groups in total. The maximum absolute atomic E-state index is 12.6. The van der Waals surface area contributed by atoms with Gasteiger partial charge in [-0.05, 0) is 18.8 Å². The average Bonchev–Trinajstić information content (AvgIpc) is 3.16. The van der Waals surface area contributed by atoms with Crippen LogP contribution in [0.1, 0.15) is 117 Å². The van der Waals surface area contributed by atoms with E-state index in [2.05, 4.69) is 30.7 Å². The molecule has 0 saturated carbocycles. The Balaban J connectivity index is 1.75. The fourth-order valence-corrected chi connectivity index (χ4v) is 5.64. The number of unbranched alkanes of at least 4 members (excludes halogenated alkanes) is 13. The highest BCUT2D eigenvalue weighted by Crippen LogP contribution is 2.24. The molecule has 0 aliphatic rings. The van der Waals surface area contributed by atoms with Crippen molar-refractivity contribution >= 4 is 22.9 Å². The van der Waals surface area contributed by atoms with Gasteiger partial charge in [0.15, 0.2) is 16.3 Å². The van der Waals surface area contributed by atoms with Crippen molar-refractivity contribution in [2.24, 2.45) is 13.0 Å². The van der Waals surface area contributed by atoms with Gasteiger partial charge >= 0.3 is 5.69 Å². The van der Waals surface area contributed by atoms with E-state index >= 15 is 0 Å². The molecule has 0 aliphatic heterocycles. The van der Waals surface area contributed by atoms with Gasteiger partial charge in [-0.25, -0.2) is 9.78 Å². The molecule has 7 heteroatoms. The first-order valence-corrected chi connectivity index (χ1v) is 14.8. The van der Waals surface area contributed by atoms with E-state index in [1.807, 2.05) is 4.57 Å². The van der Waals surface area contributed by atoms with E-state index in [1.165, 1.54) is 81.6 Å². The third-order valence-electron chi connectivity index (χ3n) is 6.63. The number of hydrogen-bond donors (Lipinski definition) is 1. The maximum Gasteiger partial charge on any atom is 0.329 e. The molecule has 0 bridgehead atoms. The second kappa shape index (κ2) is 16.2. The molecule has 194 valence electrons. The average molecular weight is 493 g/mol. The second-order valence-electron chi connectivity index (χ2n) is 10.2. The normalized spacial score (nSPS) is 11.8. The number of nitrogens with one attached hydrogen (secondary N) is 1. The highest BCUT2D eigenvalue weighted by Gasteiger charge is 2.17. The minimum Gasteiger partial charge on any atom is -0.313 e. The SMILES string of the molecule is CCCCCCCCCCCCCCCCn1c(SCCC(C)C)nc2c1c(=O)[nH]c(=O)n2C. The number of hydrogen-bond acceptors (Lipinski definition) is 4. The largest absolute Gasteiger partial charge is 0.329 e. The molecule has 2 rings (SSSR count). The number of H-pyrrole nitrogens is 1. The van der Waals surface area contributed by atoms with E-state index in [0.29, 0.717) is 17.1 Å². The van der Waals surface area contributed by atoms with E-state index in [0.717, 1.165) is 36.7 Å². The van der Waals surface area contributed by atoms with Crippen molar-refractivity contribution in [3.05, 3.63) is 20.8 Å². The minimum absolute atomic E-state index is 0.327. The monoisotopic (exact) mass is 492 g/mol. The van der Waals surface area contributed by atoms with Crippen LogP contribution >= 0.6 is 11.8 Å². The zero-order chi connectivity index (χ0) is 24.8. The summed E-state index contributed by atoms with van der Waals surface area (Å²) in [7, 11) is 1.67. The predicted molar refractivity (Wildman–Crippen MR) is 146 cm³/mol. The number of aryl methyl sites for hydroxylation is 2. The summed E-state index contributed by atoms with van der Waals surface area (Å²) in [5.74, 6) is 1.59. The zero-order valence-electron chi connectivity index (χ0n) is 22.2. The minimum atomic E-state index is -0.405. The Kier molecular flexibility index (Phi) is 13.7. The summed E-state index contributed by atoms with van der Waals surface area (Å²) in [6.07, 6.45) is 19.7. The molecule has 2 aromatic rings. The van der Waals surface area contributed by atoms with Gasteiger partial charge in [-0.2, -0.15) is 0 Å². The maximum atomic E-state index is 12.6. The quantitative estimate of drug-likeness (QED) is 0.168. The van der Waals surface area contributed by atoms with Crippen LogP contribution in [0.25, 0.3) is 11.2 Å². The summed E-state index contributed by atoms with van der Waals surface area (Å²) >= 11 is 1.69. The van der Waals surface area contributed by atoms with Crippen LogP contribution < -0.4 is 11.2 Å².